The zero-order valence-electron chi connectivity index (χ0n) is 8.88. The summed E-state index contributed by atoms with van der Waals surface area (Å²) in [6.07, 6.45) is -4.14. The Morgan fingerprint density at radius 2 is 1.94 bits per heavy atom. The minimum Gasteiger partial charge on any atom is -0.507 e. The average Bonchev–Trinajstić information content (AvgIpc) is 2.18. The number of aromatic hydroxyl groups is 1. The van der Waals surface area contributed by atoms with Crippen molar-refractivity contribution in [2.45, 2.75) is 25.6 Å². The largest absolute Gasteiger partial charge is 0.507 e. The van der Waals surface area contributed by atoms with Crippen LogP contribution in [0.15, 0.2) is 16.6 Å². The highest BCUT2D eigenvalue weighted by Gasteiger charge is 2.35. The molecule has 0 radical (unpaired) electrons. The van der Waals surface area contributed by atoms with Gasteiger partial charge in [0.05, 0.1) is 5.56 Å². The molecule has 1 aromatic carbocycles. The third-order valence-corrected chi connectivity index (χ3v) is 2.71. The van der Waals surface area contributed by atoms with Gasteiger partial charge in [0.1, 0.15) is 5.75 Å². The molecule has 0 heterocycles. The second-order valence-corrected chi connectivity index (χ2v) is 4.32. The number of rotatable bonds is 2. The Labute approximate surface area is 112 Å². The van der Waals surface area contributed by atoms with Gasteiger partial charge in [-0.15, -0.1) is 12.4 Å². The summed E-state index contributed by atoms with van der Waals surface area (Å²) in [5.74, 6) is -0.787. The van der Waals surface area contributed by atoms with Crippen molar-refractivity contribution in [1.29, 1.82) is 0 Å². The Bertz CT molecular complexity index is 398. The highest BCUT2D eigenvalue weighted by molar-refractivity contribution is 9.10. The molecule has 0 bridgehead atoms. The number of hydrogen-bond acceptors (Lipinski definition) is 2. The predicted octanol–water partition coefficient (Wildman–Crippen LogP) is 4.01. The van der Waals surface area contributed by atoms with Gasteiger partial charge in [0.25, 0.3) is 0 Å². The normalized spacial score (nSPS) is 13.1. The van der Waals surface area contributed by atoms with E-state index in [4.69, 9.17) is 5.73 Å². The van der Waals surface area contributed by atoms with Gasteiger partial charge in [-0.1, -0.05) is 22.9 Å². The summed E-state index contributed by atoms with van der Waals surface area (Å²) >= 11 is 2.97. The van der Waals surface area contributed by atoms with E-state index in [0.717, 1.165) is 6.07 Å². The van der Waals surface area contributed by atoms with Gasteiger partial charge in [-0.25, -0.2) is 0 Å². The van der Waals surface area contributed by atoms with Gasteiger partial charge < -0.3 is 10.8 Å². The Morgan fingerprint density at radius 3 is 2.35 bits per heavy atom. The fourth-order valence-corrected chi connectivity index (χ4v) is 1.81. The molecule has 0 unspecified atom stereocenters. The highest BCUT2D eigenvalue weighted by atomic mass is 79.9. The van der Waals surface area contributed by atoms with Gasteiger partial charge in [0.15, 0.2) is 0 Å². The summed E-state index contributed by atoms with van der Waals surface area (Å²) in [7, 11) is 0. The quantitative estimate of drug-likeness (QED) is 0.858. The zero-order chi connectivity index (χ0) is 12.5. The number of alkyl halides is 3. The topological polar surface area (TPSA) is 46.2 Å². The van der Waals surface area contributed by atoms with Gasteiger partial charge in [0, 0.05) is 16.1 Å². The molecule has 2 nitrogen and oxygen atoms in total. The van der Waals surface area contributed by atoms with Gasteiger partial charge in [0.2, 0.25) is 0 Å². The lowest BCUT2D eigenvalue weighted by atomic mass is 10.0. The van der Waals surface area contributed by atoms with E-state index in [1.54, 1.807) is 6.92 Å². The van der Waals surface area contributed by atoms with Crippen LogP contribution >= 0.6 is 28.3 Å². The Morgan fingerprint density at radius 1 is 1.41 bits per heavy atom. The molecule has 0 aromatic heterocycles. The van der Waals surface area contributed by atoms with Crippen LogP contribution in [0.25, 0.3) is 0 Å². The lowest BCUT2D eigenvalue weighted by molar-refractivity contribution is -0.138. The summed E-state index contributed by atoms with van der Waals surface area (Å²) in [5, 5.41) is 9.53. The molecule has 7 heteroatoms. The van der Waals surface area contributed by atoms with E-state index in [9.17, 15) is 18.3 Å². The van der Waals surface area contributed by atoms with Crippen molar-refractivity contribution in [2.75, 3.05) is 0 Å². The molecule has 1 rings (SSSR count). The van der Waals surface area contributed by atoms with Crippen molar-refractivity contribution in [3.05, 3.63) is 27.7 Å². The monoisotopic (exact) mass is 333 g/mol. The number of benzene rings is 1. The van der Waals surface area contributed by atoms with Crippen molar-refractivity contribution in [2.24, 2.45) is 5.73 Å². The van der Waals surface area contributed by atoms with Crippen LogP contribution < -0.4 is 5.73 Å². The molecule has 0 saturated carbocycles. The van der Waals surface area contributed by atoms with Gasteiger partial charge in [-0.3, -0.25) is 0 Å². The van der Waals surface area contributed by atoms with Crippen LogP contribution in [-0.4, -0.2) is 5.11 Å². The SMILES string of the molecule is CC[C@@H](N)c1cc(Br)cc(C(F)(F)F)c1O.Cl. The minimum atomic E-state index is -4.59. The van der Waals surface area contributed by atoms with Crippen LogP contribution in [0.1, 0.15) is 30.5 Å². The van der Waals surface area contributed by atoms with Crippen LogP contribution in [0.5, 0.6) is 5.75 Å². The van der Waals surface area contributed by atoms with Crippen LogP contribution in [0.2, 0.25) is 0 Å². The maximum Gasteiger partial charge on any atom is 0.420 e. The summed E-state index contributed by atoms with van der Waals surface area (Å²) in [4.78, 5) is 0. The Kier molecular flexibility index (Phi) is 5.77. The first-order chi connectivity index (χ1) is 7.27. The zero-order valence-corrected chi connectivity index (χ0v) is 11.3. The molecule has 1 atom stereocenters. The first-order valence-electron chi connectivity index (χ1n) is 4.62. The molecule has 0 fully saturated rings. The summed E-state index contributed by atoms with van der Waals surface area (Å²) in [5.41, 5.74) is 4.66. The molecule has 98 valence electrons. The van der Waals surface area contributed by atoms with Crippen LogP contribution in [0, 0.1) is 0 Å². The van der Waals surface area contributed by atoms with Gasteiger partial charge >= 0.3 is 6.18 Å². The third-order valence-electron chi connectivity index (χ3n) is 2.25. The van der Waals surface area contributed by atoms with E-state index in [0.29, 0.717) is 6.42 Å². The van der Waals surface area contributed by atoms with E-state index in [2.05, 4.69) is 15.9 Å². The van der Waals surface area contributed by atoms with E-state index < -0.39 is 23.5 Å². The van der Waals surface area contributed by atoms with Crippen molar-refractivity contribution in [3.63, 3.8) is 0 Å². The predicted molar refractivity (Wildman–Crippen MR) is 65.3 cm³/mol. The first kappa shape index (κ1) is 16.5. The molecule has 0 aliphatic carbocycles. The number of phenols is 1. The summed E-state index contributed by atoms with van der Waals surface area (Å²) < 4.78 is 37.9. The Balaban J connectivity index is 0.00000256. The van der Waals surface area contributed by atoms with Gasteiger partial charge in [-0.2, -0.15) is 13.2 Å². The molecule has 0 amide bonds. The molecule has 1 aromatic rings. The number of halogens is 5. The lowest BCUT2D eigenvalue weighted by Gasteiger charge is -2.16. The second kappa shape index (κ2) is 5.93. The molecule has 0 aliphatic rings. The minimum absolute atomic E-state index is 0. The number of phenolic OH excluding ortho intramolecular Hbond substituents is 1. The molecule has 17 heavy (non-hydrogen) atoms. The first-order valence-corrected chi connectivity index (χ1v) is 5.41. The van der Waals surface area contributed by atoms with Crippen LogP contribution in [-0.2, 0) is 6.18 Å². The van der Waals surface area contributed by atoms with Crippen molar-refractivity contribution < 1.29 is 18.3 Å². The van der Waals surface area contributed by atoms with E-state index in [-0.39, 0.29) is 22.4 Å². The van der Waals surface area contributed by atoms with Crippen molar-refractivity contribution >= 4 is 28.3 Å². The smallest absolute Gasteiger partial charge is 0.420 e. The molecular weight excluding hydrogens is 322 g/mol. The van der Waals surface area contributed by atoms with Gasteiger partial charge in [-0.05, 0) is 18.6 Å². The number of nitrogens with two attached hydrogens (primary N) is 1. The van der Waals surface area contributed by atoms with Crippen LogP contribution in [0.3, 0.4) is 0 Å². The highest BCUT2D eigenvalue weighted by Crippen LogP contribution is 2.41. The van der Waals surface area contributed by atoms with E-state index >= 15 is 0 Å². The molecule has 0 saturated heterocycles. The fourth-order valence-electron chi connectivity index (χ4n) is 1.34. The Hall–Kier alpha value is -0.460. The summed E-state index contributed by atoms with van der Waals surface area (Å²) in [6.45, 7) is 1.73. The average molecular weight is 335 g/mol. The van der Waals surface area contributed by atoms with Crippen LogP contribution in [0.4, 0.5) is 13.2 Å². The fraction of sp³-hybridized carbons (Fsp3) is 0.400. The second-order valence-electron chi connectivity index (χ2n) is 3.40. The lowest BCUT2D eigenvalue weighted by Crippen LogP contribution is -2.12. The number of hydrogen-bond donors (Lipinski definition) is 2. The molecule has 0 aliphatic heterocycles. The molecule has 3 N–H and O–H groups in total. The standard InChI is InChI=1S/C10H11BrF3NO.ClH/c1-2-8(15)6-3-5(11)4-7(9(6)16)10(12,13)14;/h3-4,8,16H,2,15H2,1H3;1H/t8-;/m1./s1. The molecular formula is C10H12BrClF3NO. The third kappa shape index (κ3) is 3.76. The van der Waals surface area contributed by atoms with Crippen molar-refractivity contribution in [1.82, 2.24) is 0 Å². The van der Waals surface area contributed by atoms with E-state index in [1.165, 1.54) is 6.07 Å². The van der Waals surface area contributed by atoms with E-state index in [1.807, 2.05) is 0 Å². The maximum atomic E-state index is 12.6. The maximum absolute atomic E-state index is 12.6. The van der Waals surface area contributed by atoms with Crippen molar-refractivity contribution in [3.8, 4) is 5.75 Å². The summed E-state index contributed by atoms with van der Waals surface area (Å²) in [6, 6.07) is 1.62. The molecule has 0 spiro atoms.